The lowest BCUT2D eigenvalue weighted by atomic mass is 10.1. The molecule has 0 spiro atoms. The standard InChI is InChI=1S/C11H20N2O4S/c1-18-7-4-9(10(15)16)12-11(17)13-5-2-8(14)3-6-13/h8-9,14H,2-7H2,1H3,(H,12,17)(H,15,16)/t9-/m1/s1. The number of aliphatic hydroxyl groups is 1. The van der Waals surface area contributed by atoms with Crippen LogP contribution in [0.1, 0.15) is 19.3 Å². The molecule has 0 aromatic rings. The number of aliphatic hydroxyl groups excluding tert-OH is 1. The van der Waals surface area contributed by atoms with Crippen molar-refractivity contribution in [1.29, 1.82) is 0 Å². The number of nitrogens with zero attached hydrogens (tertiary/aromatic N) is 1. The Hall–Kier alpha value is -0.950. The molecule has 1 fully saturated rings. The van der Waals surface area contributed by atoms with Crippen LogP contribution >= 0.6 is 11.8 Å². The van der Waals surface area contributed by atoms with E-state index in [-0.39, 0.29) is 12.1 Å². The van der Waals surface area contributed by atoms with Crippen molar-refractivity contribution in [3.8, 4) is 0 Å². The maximum atomic E-state index is 11.8. The highest BCUT2D eigenvalue weighted by molar-refractivity contribution is 7.98. The monoisotopic (exact) mass is 276 g/mol. The molecule has 0 saturated carbocycles. The first-order valence-electron chi connectivity index (χ1n) is 6.00. The Morgan fingerprint density at radius 1 is 1.44 bits per heavy atom. The summed E-state index contributed by atoms with van der Waals surface area (Å²) in [5, 5.41) is 20.9. The molecular formula is C11H20N2O4S. The Morgan fingerprint density at radius 2 is 2.06 bits per heavy atom. The maximum absolute atomic E-state index is 11.8. The summed E-state index contributed by atoms with van der Waals surface area (Å²) in [5.74, 6) is -0.315. The van der Waals surface area contributed by atoms with Crippen LogP contribution in [0.3, 0.4) is 0 Å². The summed E-state index contributed by atoms with van der Waals surface area (Å²) < 4.78 is 0. The van der Waals surface area contributed by atoms with Crippen LogP contribution in [0.15, 0.2) is 0 Å². The van der Waals surface area contributed by atoms with Crippen LogP contribution in [0.4, 0.5) is 4.79 Å². The molecule has 3 N–H and O–H groups in total. The Labute approximate surface area is 111 Å². The second kappa shape index (κ2) is 7.48. The zero-order chi connectivity index (χ0) is 13.5. The Bertz CT molecular complexity index is 293. The highest BCUT2D eigenvalue weighted by Crippen LogP contribution is 2.10. The molecule has 0 aromatic heterocycles. The number of carbonyl (C=O) groups excluding carboxylic acids is 1. The lowest BCUT2D eigenvalue weighted by molar-refractivity contribution is -0.139. The number of amides is 2. The van der Waals surface area contributed by atoms with E-state index in [1.807, 2.05) is 6.26 Å². The first kappa shape index (κ1) is 15.1. The molecule has 0 unspecified atom stereocenters. The van der Waals surface area contributed by atoms with Gasteiger partial charge in [-0.25, -0.2) is 9.59 Å². The Kier molecular flexibility index (Phi) is 6.28. The quantitative estimate of drug-likeness (QED) is 0.674. The van der Waals surface area contributed by atoms with Gasteiger partial charge in [-0.1, -0.05) is 0 Å². The summed E-state index contributed by atoms with van der Waals surface area (Å²) in [6.07, 6.45) is 3.07. The molecular weight excluding hydrogens is 256 g/mol. The topological polar surface area (TPSA) is 89.9 Å². The molecule has 1 rings (SSSR count). The Balaban J connectivity index is 2.42. The molecule has 1 heterocycles. The van der Waals surface area contributed by atoms with Crippen LogP contribution in [-0.4, -0.2) is 64.4 Å². The van der Waals surface area contributed by atoms with Crippen molar-refractivity contribution in [3.63, 3.8) is 0 Å². The maximum Gasteiger partial charge on any atom is 0.326 e. The number of urea groups is 1. The third kappa shape index (κ3) is 4.73. The van der Waals surface area contributed by atoms with Crippen molar-refractivity contribution >= 4 is 23.8 Å². The largest absolute Gasteiger partial charge is 0.480 e. The van der Waals surface area contributed by atoms with E-state index in [9.17, 15) is 14.7 Å². The predicted octanol–water partition coefficient (Wildman–Crippen LogP) is 0.359. The number of nitrogens with one attached hydrogen (secondary N) is 1. The van der Waals surface area contributed by atoms with Gasteiger partial charge < -0.3 is 20.4 Å². The van der Waals surface area contributed by atoms with E-state index in [1.165, 1.54) is 0 Å². The number of aliphatic carboxylic acids is 1. The van der Waals surface area contributed by atoms with Crippen molar-refractivity contribution < 1.29 is 19.8 Å². The van der Waals surface area contributed by atoms with Crippen LogP contribution in [0, 0.1) is 0 Å². The second-order valence-corrected chi connectivity index (χ2v) is 5.33. The zero-order valence-corrected chi connectivity index (χ0v) is 11.3. The molecule has 0 aliphatic carbocycles. The number of thioether (sulfide) groups is 1. The minimum Gasteiger partial charge on any atom is -0.480 e. The average Bonchev–Trinajstić information content (AvgIpc) is 2.34. The van der Waals surface area contributed by atoms with E-state index >= 15 is 0 Å². The minimum atomic E-state index is -1.01. The van der Waals surface area contributed by atoms with Crippen molar-refractivity contribution in [2.75, 3.05) is 25.1 Å². The molecule has 6 nitrogen and oxygen atoms in total. The molecule has 104 valence electrons. The van der Waals surface area contributed by atoms with E-state index in [0.717, 1.165) is 0 Å². The zero-order valence-electron chi connectivity index (χ0n) is 10.5. The van der Waals surface area contributed by atoms with Crippen LogP contribution in [-0.2, 0) is 4.79 Å². The Morgan fingerprint density at radius 3 is 2.56 bits per heavy atom. The molecule has 2 amide bonds. The molecule has 18 heavy (non-hydrogen) atoms. The second-order valence-electron chi connectivity index (χ2n) is 4.34. The molecule has 0 radical (unpaired) electrons. The van der Waals surface area contributed by atoms with E-state index in [0.29, 0.717) is 38.1 Å². The van der Waals surface area contributed by atoms with Crippen LogP contribution in [0.5, 0.6) is 0 Å². The summed E-state index contributed by atoms with van der Waals surface area (Å²) in [4.78, 5) is 24.4. The average molecular weight is 276 g/mol. The minimum absolute atomic E-state index is 0.346. The molecule has 7 heteroatoms. The van der Waals surface area contributed by atoms with Crippen LogP contribution < -0.4 is 5.32 Å². The van der Waals surface area contributed by atoms with E-state index < -0.39 is 12.0 Å². The normalized spacial score (nSPS) is 18.4. The smallest absolute Gasteiger partial charge is 0.326 e. The van der Waals surface area contributed by atoms with E-state index in [2.05, 4.69) is 5.32 Å². The SMILES string of the molecule is CSCC[C@@H](NC(=O)N1CCC(O)CC1)C(=O)O. The molecule has 1 atom stereocenters. The van der Waals surface area contributed by atoms with Gasteiger partial charge in [0.1, 0.15) is 6.04 Å². The highest BCUT2D eigenvalue weighted by atomic mass is 32.2. The summed E-state index contributed by atoms with van der Waals surface area (Å²) >= 11 is 1.55. The fourth-order valence-electron chi connectivity index (χ4n) is 1.80. The summed E-state index contributed by atoms with van der Waals surface area (Å²) in [5.41, 5.74) is 0. The van der Waals surface area contributed by atoms with Crippen molar-refractivity contribution in [1.82, 2.24) is 10.2 Å². The summed E-state index contributed by atoms with van der Waals surface area (Å²) in [7, 11) is 0. The lowest BCUT2D eigenvalue weighted by Crippen LogP contribution is -2.50. The van der Waals surface area contributed by atoms with Gasteiger partial charge in [0.25, 0.3) is 0 Å². The van der Waals surface area contributed by atoms with E-state index in [4.69, 9.17) is 5.11 Å². The van der Waals surface area contributed by atoms with Gasteiger partial charge in [0.2, 0.25) is 0 Å². The summed E-state index contributed by atoms with van der Waals surface area (Å²) in [6, 6.07) is -1.19. The highest BCUT2D eigenvalue weighted by Gasteiger charge is 2.25. The number of carboxylic acids is 1. The van der Waals surface area contributed by atoms with Gasteiger partial charge in [-0.2, -0.15) is 11.8 Å². The van der Waals surface area contributed by atoms with Gasteiger partial charge in [0.15, 0.2) is 0 Å². The number of hydrogen-bond acceptors (Lipinski definition) is 4. The van der Waals surface area contributed by atoms with Gasteiger partial charge in [-0.3, -0.25) is 0 Å². The number of likely N-dealkylation sites (tertiary alicyclic amines) is 1. The number of carbonyl (C=O) groups is 2. The fraction of sp³-hybridized carbons (Fsp3) is 0.818. The van der Waals surface area contributed by atoms with Gasteiger partial charge in [0, 0.05) is 13.1 Å². The van der Waals surface area contributed by atoms with Gasteiger partial charge in [-0.05, 0) is 31.3 Å². The predicted molar refractivity (Wildman–Crippen MR) is 69.8 cm³/mol. The van der Waals surface area contributed by atoms with Crippen molar-refractivity contribution in [2.24, 2.45) is 0 Å². The summed E-state index contributed by atoms with van der Waals surface area (Å²) in [6.45, 7) is 0.948. The number of piperidine rings is 1. The first-order valence-corrected chi connectivity index (χ1v) is 7.39. The molecule has 1 aliphatic heterocycles. The third-order valence-corrected chi connectivity index (χ3v) is 3.60. The number of hydrogen-bond donors (Lipinski definition) is 3. The fourth-order valence-corrected chi connectivity index (χ4v) is 2.27. The molecule has 1 saturated heterocycles. The third-order valence-electron chi connectivity index (χ3n) is 2.96. The van der Waals surface area contributed by atoms with Crippen molar-refractivity contribution in [3.05, 3.63) is 0 Å². The molecule has 0 aromatic carbocycles. The van der Waals surface area contributed by atoms with Crippen LogP contribution in [0.25, 0.3) is 0 Å². The lowest BCUT2D eigenvalue weighted by Gasteiger charge is -2.30. The molecule has 1 aliphatic rings. The van der Waals surface area contributed by atoms with Gasteiger partial charge in [0.05, 0.1) is 6.10 Å². The van der Waals surface area contributed by atoms with Crippen molar-refractivity contribution in [2.45, 2.75) is 31.4 Å². The van der Waals surface area contributed by atoms with Crippen LogP contribution in [0.2, 0.25) is 0 Å². The number of rotatable bonds is 5. The number of carboxylic acid groups (broad SMARTS) is 1. The van der Waals surface area contributed by atoms with E-state index in [1.54, 1.807) is 16.7 Å². The van der Waals surface area contributed by atoms with Gasteiger partial charge in [-0.15, -0.1) is 0 Å². The van der Waals surface area contributed by atoms with Gasteiger partial charge >= 0.3 is 12.0 Å². The molecule has 0 bridgehead atoms. The first-order chi connectivity index (χ1) is 8.54.